The zero-order valence-corrected chi connectivity index (χ0v) is 44.9. The Morgan fingerprint density at radius 1 is 0.857 bits per heavy atom. The maximum Gasteiger partial charge on any atom is 0.297 e. The summed E-state index contributed by atoms with van der Waals surface area (Å²) >= 11 is 1.55. The van der Waals surface area contributed by atoms with Crippen LogP contribution >= 0.6 is 11.3 Å². The quantitative estimate of drug-likeness (QED) is 0.137. The van der Waals surface area contributed by atoms with Crippen LogP contribution in [-0.4, -0.2) is 74.9 Å². The highest BCUT2D eigenvalue weighted by Crippen LogP contribution is 2.57. The molecule has 77 heavy (non-hydrogen) atoms. The fourth-order valence-electron chi connectivity index (χ4n) is 8.89. The minimum absolute atomic E-state index is 0.0302. The Bertz CT molecular complexity index is 3750. The van der Waals surface area contributed by atoms with Crippen molar-refractivity contribution in [1.82, 2.24) is 24.2 Å². The van der Waals surface area contributed by atoms with Crippen LogP contribution in [0.15, 0.2) is 66.1 Å². The summed E-state index contributed by atoms with van der Waals surface area (Å²) in [5.41, 5.74) is 9.70. The van der Waals surface area contributed by atoms with Gasteiger partial charge in [-0.2, -0.15) is 4.98 Å². The number of carbonyl (C=O) groups is 3. The van der Waals surface area contributed by atoms with Crippen LogP contribution in [0.4, 0.5) is 0 Å². The first kappa shape index (κ1) is 55.9. The number of nitrogens with zero attached hydrogens (tertiary/aromatic N) is 4. The summed E-state index contributed by atoms with van der Waals surface area (Å²) in [7, 11) is -3.91. The SMILES string of the molecule is C#CC#CC#CC#CC#CC#CC#CC#CC#CC#CC.CC(C)n1c(O[C@@H]2C[C@H]3C(=O)C[C@]4(C(=O)NS(=O)(=O)C5(C)CC5)C[C@H]4/C=C\CCCCC[C@H](N)C(=O)N3C2)nc2c(-c3nc(-c4ccccc4)cs3)cccc21. The van der Waals surface area contributed by atoms with Crippen molar-refractivity contribution in [2.45, 2.75) is 121 Å². The van der Waals surface area contributed by atoms with E-state index in [1.165, 1.54) is 4.90 Å². The lowest BCUT2D eigenvalue weighted by atomic mass is 9.91. The van der Waals surface area contributed by atoms with Crippen molar-refractivity contribution < 1.29 is 27.5 Å². The molecule has 8 rings (SSSR count). The standard InChI is InChI=1S/C42H50N6O6S2.C21H4/c1-26(2)48-33-18-12-16-30(37-44-32(25-55-37)27-13-8-7-9-14-27)36(33)45-40(48)54-29-21-34-35(49)23-42(39(51)46-56(52,53)41(3)19-20-41)22-28(42)15-10-5-4-6-11-17-31(43)38(50)47(34)24-29;1-3-5-7-9-11-13-15-17-19-21-20-18-16-14-12-10-8-6-4-2/h7-10,12-16,18,25-26,28-29,31,34H,4-6,11,17,19-24,43H2,1-3H3,(H,46,51);1H,2H3/b15-10-;/t28-,29-,31+,34+,42-;/m1./s1. The van der Waals surface area contributed by atoms with Gasteiger partial charge in [0.1, 0.15) is 16.6 Å². The number of allylic oxidation sites excluding steroid dienone is 2. The average molecular weight is 1060 g/mol. The van der Waals surface area contributed by atoms with E-state index in [1.807, 2.05) is 70.6 Å². The number of thiazole rings is 1. The summed E-state index contributed by atoms with van der Waals surface area (Å²) in [6.07, 6.45) is 13.5. The highest BCUT2D eigenvalue weighted by atomic mass is 32.2. The largest absolute Gasteiger partial charge is 0.459 e. The molecule has 4 aromatic rings. The molecule has 0 unspecified atom stereocenters. The van der Waals surface area contributed by atoms with Gasteiger partial charge in [0.2, 0.25) is 21.8 Å². The maximum atomic E-state index is 14.5. The van der Waals surface area contributed by atoms with Crippen LogP contribution in [0.25, 0.3) is 32.9 Å². The first-order valence-corrected chi connectivity index (χ1v) is 27.5. The molecule has 2 saturated carbocycles. The molecule has 3 N–H and O–H groups in total. The number of sulfonamides is 1. The number of aromatic nitrogens is 3. The summed E-state index contributed by atoms with van der Waals surface area (Å²) in [6, 6.07) is 14.7. The first-order chi connectivity index (χ1) is 37.2. The molecule has 2 aliphatic carbocycles. The number of rotatable bonds is 8. The van der Waals surface area contributed by atoms with E-state index in [2.05, 4.69) is 131 Å². The molecule has 2 aromatic carbocycles. The Labute approximate surface area is 456 Å². The molecule has 0 radical (unpaired) electrons. The predicted octanol–water partition coefficient (Wildman–Crippen LogP) is 7.24. The summed E-state index contributed by atoms with van der Waals surface area (Å²) in [5, 5.41) is 2.87. The molecular weight excluding hydrogens is 1000 g/mol. The number of Topliss-reactive ketones (excluding diaryl/α,β-unsaturated/α-hetero) is 1. The predicted molar refractivity (Wildman–Crippen MR) is 301 cm³/mol. The molecule has 4 aliphatic rings. The summed E-state index contributed by atoms with van der Waals surface area (Å²) < 4.78 is 36.4. The Morgan fingerprint density at radius 3 is 2.10 bits per heavy atom. The van der Waals surface area contributed by atoms with Gasteiger partial charge < -0.3 is 15.4 Å². The third-order valence-electron chi connectivity index (χ3n) is 13.4. The number of nitrogens with one attached hydrogen (secondary N) is 1. The number of hydrogen-bond donors (Lipinski definition) is 2. The number of amides is 2. The van der Waals surface area contributed by atoms with E-state index in [9.17, 15) is 22.8 Å². The van der Waals surface area contributed by atoms with Gasteiger partial charge in [-0.3, -0.25) is 23.7 Å². The molecule has 1 saturated heterocycles. The van der Waals surface area contributed by atoms with Crippen molar-refractivity contribution in [3.05, 3.63) is 66.1 Å². The summed E-state index contributed by atoms with van der Waals surface area (Å²) in [4.78, 5) is 53.9. The second-order valence-electron chi connectivity index (χ2n) is 19.1. The molecule has 2 amide bonds. The van der Waals surface area contributed by atoms with Crippen LogP contribution in [-0.2, 0) is 24.4 Å². The Balaban J connectivity index is 0.000000348. The van der Waals surface area contributed by atoms with Crippen LogP contribution in [0.3, 0.4) is 0 Å². The van der Waals surface area contributed by atoms with Crippen molar-refractivity contribution in [3.8, 4) is 147 Å². The normalized spacial score (nSPS) is 20.9. The number of ether oxygens (including phenoxy) is 1. The maximum absolute atomic E-state index is 14.5. The van der Waals surface area contributed by atoms with Crippen molar-refractivity contribution in [1.29, 1.82) is 0 Å². The molecule has 3 fully saturated rings. The van der Waals surface area contributed by atoms with Gasteiger partial charge in [-0.15, -0.1) is 17.8 Å². The van der Waals surface area contributed by atoms with Crippen LogP contribution in [0.1, 0.15) is 97.9 Å². The molecule has 2 aromatic heterocycles. The number of para-hydroxylation sites is 1. The van der Waals surface area contributed by atoms with Crippen LogP contribution < -0.4 is 15.2 Å². The number of terminal acetylenes is 1. The van der Waals surface area contributed by atoms with E-state index in [0.717, 1.165) is 58.5 Å². The van der Waals surface area contributed by atoms with Gasteiger partial charge in [-0.05, 0) is 179 Å². The summed E-state index contributed by atoms with van der Waals surface area (Å²) in [6.45, 7) is 7.56. The molecule has 0 spiro atoms. The van der Waals surface area contributed by atoms with Crippen LogP contribution in [0, 0.1) is 130 Å². The summed E-state index contributed by atoms with van der Waals surface area (Å²) in [5.74, 6) is 45.4. The van der Waals surface area contributed by atoms with Crippen molar-refractivity contribution in [2.24, 2.45) is 17.1 Å². The van der Waals surface area contributed by atoms with E-state index in [4.69, 9.17) is 26.9 Å². The fourth-order valence-corrected chi connectivity index (χ4v) is 11.1. The number of fused-ring (bicyclic) bond motifs is 3. The Kier molecular flexibility index (Phi) is 19.0. The molecule has 384 valence electrons. The minimum atomic E-state index is -3.91. The van der Waals surface area contributed by atoms with E-state index in [0.29, 0.717) is 31.7 Å². The molecule has 0 bridgehead atoms. The molecule has 12 nitrogen and oxygen atoms in total. The second-order valence-corrected chi connectivity index (χ2v) is 22.2. The molecule has 2 aliphatic heterocycles. The lowest BCUT2D eigenvalue weighted by Crippen LogP contribution is -2.50. The third-order valence-corrected chi connectivity index (χ3v) is 16.4. The fraction of sp³-hybridized carbons (Fsp3) is 0.349. The van der Waals surface area contributed by atoms with E-state index in [1.54, 1.807) is 25.2 Å². The monoisotopic (exact) mass is 1050 g/mol. The molecule has 14 heteroatoms. The van der Waals surface area contributed by atoms with E-state index >= 15 is 0 Å². The molecular formula is C63H54N6O6S2. The Morgan fingerprint density at radius 2 is 1.49 bits per heavy atom. The first-order valence-electron chi connectivity index (χ1n) is 25.1. The zero-order valence-electron chi connectivity index (χ0n) is 43.2. The van der Waals surface area contributed by atoms with E-state index in [-0.39, 0.29) is 43.0 Å². The minimum Gasteiger partial charge on any atom is -0.459 e. The topological polar surface area (TPSA) is 167 Å². The van der Waals surface area contributed by atoms with Gasteiger partial charge in [0.25, 0.3) is 6.01 Å². The molecule has 5 atom stereocenters. The van der Waals surface area contributed by atoms with Gasteiger partial charge in [0.15, 0.2) is 5.78 Å². The number of benzene rings is 2. The van der Waals surface area contributed by atoms with Crippen LogP contribution in [0.2, 0.25) is 0 Å². The number of nitrogens with two attached hydrogens (primary N) is 1. The average Bonchev–Trinajstić information content (AvgIpc) is 4.09. The number of hydrogen-bond acceptors (Lipinski definition) is 10. The van der Waals surface area contributed by atoms with Crippen molar-refractivity contribution in [2.75, 3.05) is 6.54 Å². The zero-order chi connectivity index (χ0) is 54.8. The molecule has 4 heterocycles. The number of imidazole rings is 1. The van der Waals surface area contributed by atoms with Gasteiger partial charge in [0, 0.05) is 47.2 Å². The van der Waals surface area contributed by atoms with Gasteiger partial charge >= 0.3 is 0 Å². The van der Waals surface area contributed by atoms with Gasteiger partial charge in [-0.25, -0.2) is 13.4 Å². The second kappa shape index (κ2) is 26.1. The highest BCUT2D eigenvalue weighted by molar-refractivity contribution is 7.91. The number of ketones is 1. The lowest BCUT2D eigenvalue weighted by Gasteiger charge is -2.27. The van der Waals surface area contributed by atoms with Gasteiger partial charge in [0.05, 0.1) is 40.0 Å². The Hall–Kier alpha value is -8.80. The van der Waals surface area contributed by atoms with Crippen LogP contribution in [0.5, 0.6) is 6.01 Å². The smallest absolute Gasteiger partial charge is 0.297 e. The van der Waals surface area contributed by atoms with Crippen molar-refractivity contribution >= 4 is 50.0 Å². The lowest BCUT2D eigenvalue weighted by molar-refractivity contribution is -0.140. The van der Waals surface area contributed by atoms with Crippen molar-refractivity contribution in [3.63, 3.8) is 0 Å². The third kappa shape index (κ3) is 14.3. The van der Waals surface area contributed by atoms with Gasteiger partial charge in [-0.1, -0.05) is 67.3 Å². The van der Waals surface area contributed by atoms with E-state index < -0.39 is 44.3 Å². The number of carbonyl (C=O) groups excluding carboxylic acids is 3. The highest BCUT2D eigenvalue weighted by Gasteiger charge is 2.62.